The number of anilines is 1. The molecule has 2 aromatic carbocycles. The fourth-order valence-electron chi connectivity index (χ4n) is 2.46. The van der Waals surface area contributed by atoms with Crippen molar-refractivity contribution < 1.29 is 14.0 Å². The Bertz CT molecular complexity index is 944. The Balaban J connectivity index is 2.16. The summed E-state index contributed by atoms with van der Waals surface area (Å²) in [4.78, 5) is 25.3. The lowest BCUT2D eigenvalue weighted by Gasteiger charge is -2.20. The first-order chi connectivity index (χ1) is 13.3. The zero-order chi connectivity index (χ0) is 20.7. The van der Waals surface area contributed by atoms with Crippen molar-refractivity contribution in [1.29, 1.82) is 10.8 Å². The van der Waals surface area contributed by atoms with E-state index < -0.39 is 17.6 Å². The quantitative estimate of drug-likeness (QED) is 0.509. The molecule has 2 amide bonds. The predicted molar refractivity (Wildman–Crippen MR) is 107 cm³/mol. The number of nitrogens with zero attached hydrogens (tertiary/aromatic N) is 1. The Kier molecular flexibility index (Phi) is 7.17. The standard InChI is InChI=1S/C20H18ClFN4O2/c1-13(27)26(16-7-3-2-4-8-16)18(24)11-15(12-23)25-19(28)10-14-6-5-9-17(22)20(14)21/h2-9,11-12,23-24H,10H2,1H3,(H,25,28)/b15-11+,23-12?,24-18?. The summed E-state index contributed by atoms with van der Waals surface area (Å²) in [6.07, 6.45) is 1.83. The second kappa shape index (κ2) is 9.57. The molecule has 0 saturated heterocycles. The van der Waals surface area contributed by atoms with Crippen molar-refractivity contribution in [3.05, 3.63) is 76.7 Å². The predicted octanol–water partition coefficient (Wildman–Crippen LogP) is 3.70. The zero-order valence-electron chi connectivity index (χ0n) is 15.0. The molecule has 0 unspecified atom stereocenters. The summed E-state index contributed by atoms with van der Waals surface area (Å²) in [7, 11) is 0. The van der Waals surface area contributed by atoms with Gasteiger partial charge in [0.05, 0.1) is 22.8 Å². The highest BCUT2D eigenvalue weighted by Crippen LogP contribution is 2.20. The number of allylic oxidation sites excluding steroid dienone is 1. The molecular formula is C20H18ClFN4O2. The van der Waals surface area contributed by atoms with E-state index in [0.29, 0.717) is 11.3 Å². The maximum atomic E-state index is 13.5. The lowest BCUT2D eigenvalue weighted by Crippen LogP contribution is -2.35. The van der Waals surface area contributed by atoms with Crippen molar-refractivity contribution in [2.75, 3.05) is 4.90 Å². The van der Waals surface area contributed by atoms with E-state index in [0.717, 1.165) is 11.1 Å². The molecule has 2 aromatic rings. The van der Waals surface area contributed by atoms with Crippen molar-refractivity contribution >= 4 is 41.2 Å². The topological polar surface area (TPSA) is 97.1 Å². The van der Waals surface area contributed by atoms with Gasteiger partial charge in [-0.15, -0.1) is 0 Å². The van der Waals surface area contributed by atoms with Crippen molar-refractivity contribution in [1.82, 2.24) is 5.32 Å². The SMILES string of the molecule is CC(=O)N(C(=N)/C=C(\C=N)NC(=O)Cc1cccc(F)c1Cl)c1ccccc1. The smallest absolute Gasteiger partial charge is 0.229 e. The monoisotopic (exact) mass is 400 g/mol. The number of halogens is 2. The Morgan fingerprint density at radius 1 is 1.18 bits per heavy atom. The van der Waals surface area contributed by atoms with Gasteiger partial charge in [-0.2, -0.15) is 0 Å². The van der Waals surface area contributed by atoms with Crippen LogP contribution < -0.4 is 10.2 Å². The van der Waals surface area contributed by atoms with Crippen molar-refractivity contribution in [3.8, 4) is 0 Å². The third-order valence-electron chi connectivity index (χ3n) is 3.68. The minimum absolute atomic E-state index is 0.00436. The van der Waals surface area contributed by atoms with Gasteiger partial charge in [0, 0.05) is 19.2 Å². The first-order valence-electron chi connectivity index (χ1n) is 8.22. The molecule has 3 N–H and O–H groups in total. The first-order valence-corrected chi connectivity index (χ1v) is 8.60. The summed E-state index contributed by atoms with van der Waals surface area (Å²) in [6, 6.07) is 12.7. The molecule has 0 saturated carbocycles. The summed E-state index contributed by atoms with van der Waals surface area (Å²) >= 11 is 5.84. The number of benzene rings is 2. The van der Waals surface area contributed by atoms with Crippen LogP contribution in [0.2, 0.25) is 5.02 Å². The van der Waals surface area contributed by atoms with Crippen LogP contribution >= 0.6 is 11.6 Å². The highest BCUT2D eigenvalue weighted by Gasteiger charge is 2.16. The minimum Gasteiger partial charge on any atom is -0.324 e. The summed E-state index contributed by atoms with van der Waals surface area (Å²) in [5.41, 5.74) is 0.788. The van der Waals surface area contributed by atoms with Gasteiger partial charge >= 0.3 is 0 Å². The van der Waals surface area contributed by atoms with Crippen LogP contribution in [0, 0.1) is 16.6 Å². The maximum absolute atomic E-state index is 13.5. The summed E-state index contributed by atoms with van der Waals surface area (Å²) in [5, 5.41) is 18.0. The van der Waals surface area contributed by atoms with Crippen LogP contribution in [0.4, 0.5) is 10.1 Å². The van der Waals surface area contributed by atoms with E-state index in [1.807, 2.05) is 0 Å². The molecule has 0 radical (unpaired) electrons. The Labute approximate surface area is 166 Å². The average Bonchev–Trinajstić information content (AvgIpc) is 2.65. The minimum atomic E-state index is -0.628. The lowest BCUT2D eigenvalue weighted by atomic mass is 10.1. The number of amidine groups is 1. The zero-order valence-corrected chi connectivity index (χ0v) is 15.8. The fraction of sp³-hybridized carbons (Fsp3) is 0.100. The fourth-order valence-corrected chi connectivity index (χ4v) is 2.65. The Morgan fingerprint density at radius 2 is 1.86 bits per heavy atom. The second-order valence-corrected chi connectivity index (χ2v) is 6.14. The third kappa shape index (κ3) is 5.34. The van der Waals surface area contributed by atoms with E-state index in [9.17, 15) is 14.0 Å². The van der Waals surface area contributed by atoms with Crippen LogP contribution in [0.3, 0.4) is 0 Å². The van der Waals surface area contributed by atoms with Crippen LogP contribution in [-0.4, -0.2) is 23.9 Å². The number of para-hydroxylation sites is 1. The number of rotatable bonds is 6. The van der Waals surface area contributed by atoms with Crippen LogP contribution in [0.5, 0.6) is 0 Å². The number of hydrogen-bond acceptors (Lipinski definition) is 4. The van der Waals surface area contributed by atoms with Gasteiger partial charge in [-0.05, 0) is 23.8 Å². The molecule has 8 heteroatoms. The van der Waals surface area contributed by atoms with Crippen molar-refractivity contribution in [3.63, 3.8) is 0 Å². The maximum Gasteiger partial charge on any atom is 0.229 e. The van der Waals surface area contributed by atoms with E-state index in [-0.39, 0.29) is 23.0 Å². The van der Waals surface area contributed by atoms with E-state index >= 15 is 0 Å². The molecule has 0 aliphatic heterocycles. The molecule has 0 heterocycles. The van der Waals surface area contributed by atoms with Crippen LogP contribution in [-0.2, 0) is 16.0 Å². The van der Waals surface area contributed by atoms with Gasteiger partial charge < -0.3 is 10.7 Å². The van der Waals surface area contributed by atoms with Gasteiger partial charge in [0.15, 0.2) is 0 Å². The summed E-state index contributed by atoms with van der Waals surface area (Å²) < 4.78 is 13.5. The van der Waals surface area contributed by atoms with E-state index in [4.69, 9.17) is 22.4 Å². The number of nitrogens with one attached hydrogen (secondary N) is 3. The molecule has 0 bridgehead atoms. The van der Waals surface area contributed by atoms with E-state index in [2.05, 4.69) is 5.32 Å². The first kappa shape index (κ1) is 21.0. The van der Waals surface area contributed by atoms with Gasteiger partial charge in [0.1, 0.15) is 11.7 Å². The Hall–Kier alpha value is -3.32. The molecule has 2 rings (SSSR count). The second-order valence-electron chi connectivity index (χ2n) is 5.76. The number of carbonyl (C=O) groups excluding carboxylic acids is 2. The number of hydrogen-bond donors (Lipinski definition) is 3. The molecule has 0 aliphatic carbocycles. The lowest BCUT2D eigenvalue weighted by molar-refractivity contribution is -0.119. The molecule has 28 heavy (non-hydrogen) atoms. The molecule has 0 aliphatic rings. The van der Waals surface area contributed by atoms with Gasteiger partial charge in [0.2, 0.25) is 11.8 Å². The van der Waals surface area contributed by atoms with Gasteiger partial charge in [0.25, 0.3) is 0 Å². The normalized spacial score (nSPS) is 10.9. The molecule has 0 spiro atoms. The summed E-state index contributed by atoms with van der Waals surface area (Å²) in [6.45, 7) is 1.31. The molecule has 6 nitrogen and oxygen atoms in total. The van der Waals surface area contributed by atoms with Crippen LogP contribution in [0.25, 0.3) is 0 Å². The molecule has 0 atom stereocenters. The largest absolute Gasteiger partial charge is 0.324 e. The third-order valence-corrected chi connectivity index (χ3v) is 4.11. The molecule has 144 valence electrons. The van der Waals surface area contributed by atoms with Gasteiger partial charge in [-0.1, -0.05) is 41.9 Å². The van der Waals surface area contributed by atoms with Gasteiger partial charge in [-0.3, -0.25) is 19.9 Å². The molecule has 0 fully saturated rings. The highest BCUT2D eigenvalue weighted by atomic mass is 35.5. The van der Waals surface area contributed by atoms with E-state index in [1.54, 1.807) is 30.3 Å². The van der Waals surface area contributed by atoms with Crippen molar-refractivity contribution in [2.45, 2.75) is 13.3 Å². The molecular weight excluding hydrogens is 383 g/mol. The Morgan fingerprint density at radius 3 is 2.46 bits per heavy atom. The van der Waals surface area contributed by atoms with Crippen LogP contribution in [0.1, 0.15) is 12.5 Å². The van der Waals surface area contributed by atoms with Crippen LogP contribution in [0.15, 0.2) is 60.3 Å². The van der Waals surface area contributed by atoms with Gasteiger partial charge in [-0.25, -0.2) is 4.39 Å². The summed E-state index contributed by atoms with van der Waals surface area (Å²) in [5.74, 6) is -1.78. The number of amides is 2. The van der Waals surface area contributed by atoms with Crippen molar-refractivity contribution in [2.24, 2.45) is 0 Å². The highest BCUT2D eigenvalue weighted by molar-refractivity contribution is 6.31. The van der Waals surface area contributed by atoms with E-state index in [1.165, 1.54) is 31.2 Å². The molecule has 0 aromatic heterocycles. The average molecular weight is 401 g/mol. The number of carbonyl (C=O) groups is 2.